The van der Waals surface area contributed by atoms with Crippen LogP contribution in [0.5, 0.6) is 0 Å². The van der Waals surface area contributed by atoms with E-state index < -0.39 is 0 Å². The Kier molecular flexibility index (Phi) is 5.93. The molecule has 0 aliphatic heterocycles. The number of carbonyl (C=O) groups excluding carboxylic acids is 1. The largest absolute Gasteiger partial charge is 0.372 e. The fraction of sp³-hybridized carbons (Fsp3) is 0.120. The lowest BCUT2D eigenvalue weighted by Gasteiger charge is -2.09. The molecule has 4 aromatic rings. The summed E-state index contributed by atoms with van der Waals surface area (Å²) < 4.78 is 5.76. The number of amides is 1. The molecular weight excluding hydrogens is 360 g/mol. The molecule has 0 fully saturated rings. The molecule has 4 rings (SSSR count). The first kappa shape index (κ1) is 18.8. The number of fused-ring (bicyclic) bond motifs is 1. The van der Waals surface area contributed by atoms with Crippen molar-refractivity contribution in [2.24, 2.45) is 0 Å². The highest BCUT2D eigenvalue weighted by Crippen LogP contribution is 2.16. The van der Waals surface area contributed by atoms with Gasteiger partial charge in [-0.25, -0.2) is 0 Å². The van der Waals surface area contributed by atoms with Crippen LogP contribution in [0.1, 0.15) is 27.2 Å². The van der Waals surface area contributed by atoms with Crippen LogP contribution in [0.2, 0.25) is 0 Å². The molecule has 0 bridgehead atoms. The number of aromatic nitrogens is 1. The number of nitrogens with zero attached hydrogens (tertiary/aromatic N) is 1. The molecule has 0 aliphatic carbocycles. The van der Waals surface area contributed by atoms with Crippen molar-refractivity contribution >= 4 is 16.7 Å². The van der Waals surface area contributed by atoms with Crippen LogP contribution in [0.4, 0.5) is 0 Å². The minimum atomic E-state index is -0.169. The van der Waals surface area contributed by atoms with Gasteiger partial charge in [0.1, 0.15) is 5.69 Å². The first-order valence-corrected chi connectivity index (χ1v) is 9.61. The second-order valence-corrected chi connectivity index (χ2v) is 6.86. The van der Waals surface area contributed by atoms with Gasteiger partial charge in [0.15, 0.2) is 0 Å². The number of benzene rings is 3. The number of hydrogen-bond donors (Lipinski definition) is 1. The molecule has 29 heavy (non-hydrogen) atoms. The van der Waals surface area contributed by atoms with E-state index in [4.69, 9.17) is 4.74 Å². The summed E-state index contributed by atoms with van der Waals surface area (Å²) in [4.78, 5) is 16.8. The van der Waals surface area contributed by atoms with E-state index >= 15 is 0 Å². The van der Waals surface area contributed by atoms with Gasteiger partial charge >= 0.3 is 0 Å². The van der Waals surface area contributed by atoms with Crippen molar-refractivity contribution in [1.29, 1.82) is 0 Å². The minimum absolute atomic E-state index is 0.169. The fourth-order valence-electron chi connectivity index (χ4n) is 3.18. The van der Waals surface area contributed by atoms with Gasteiger partial charge in [0, 0.05) is 18.1 Å². The number of pyridine rings is 1. The summed E-state index contributed by atoms with van der Waals surface area (Å²) in [5.41, 5.74) is 3.75. The molecule has 0 spiro atoms. The van der Waals surface area contributed by atoms with Crippen LogP contribution in [-0.4, -0.2) is 10.9 Å². The zero-order valence-corrected chi connectivity index (χ0v) is 16.0. The maximum absolute atomic E-state index is 12.6. The van der Waals surface area contributed by atoms with Crippen LogP contribution in [-0.2, 0) is 24.5 Å². The summed E-state index contributed by atoms with van der Waals surface area (Å²) in [5.74, 6) is -0.169. The lowest BCUT2D eigenvalue weighted by molar-refractivity contribution is 0.0947. The number of hydrogen-bond acceptors (Lipinski definition) is 3. The van der Waals surface area contributed by atoms with Crippen molar-refractivity contribution in [1.82, 2.24) is 10.3 Å². The molecule has 0 unspecified atom stereocenters. The first-order chi connectivity index (χ1) is 14.3. The summed E-state index contributed by atoms with van der Waals surface area (Å²) >= 11 is 0. The topological polar surface area (TPSA) is 51.2 Å². The molecule has 1 amide bonds. The lowest BCUT2D eigenvalue weighted by atomic mass is 10.1. The second kappa shape index (κ2) is 9.13. The van der Waals surface area contributed by atoms with Gasteiger partial charge in [-0.05, 0) is 28.1 Å². The maximum atomic E-state index is 12.6. The van der Waals surface area contributed by atoms with Crippen LogP contribution in [0, 0.1) is 0 Å². The van der Waals surface area contributed by atoms with Gasteiger partial charge in [-0.1, -0.05) is 78.9 Å². The normalized spacial score (nSPS) is 10.8. The molecule has 0 saturated heterocycles. The summed E-state index contributed by atoms with van der Waals surface area (Å²) in [7, 11) is 0. The van der Waals surface area contributed by atoms with Crippen molar-refractivity contribution in [3.63, 3.8) is 0 Å². The standard InChI is InChI=1S/C25H22N2O2/c28-25(24-23-9-5-4-8-22(23)14-15-26-24)27-16-19-10-12-21(13-11-19)18-29-17-20-6-2-1-3-7-20/h1-15H,16-18H2,(H,27,28). The first-order valence-electron chi connectivity index (χ1n) is 9.61. The summed E-state index contributed by atoms with van der Waals surface area (Å²) in [6.45, 7) is 1.60. The van der Waals surface area contributed by atoms with E-state index in [2.05, 4.69) is 22.4 Å². The molecule has 1 N–H and O–H groups in total. The molecule has 0 aliphatic rings. The van der Waals surface area contributed by atoms with E-state index in [0.717, 1.165) is 27.5 Å². The highest BCUT2D eigenvalue weighted by atomic mass is 16.5. The van der Waals surface area contributed by atoms with Crippen LogP contribution in [0.3, 0.4) is 0 Å². The number of ether oxygens (including phenoxy) is 1. The van der Waals surface area contributed by atoms with Crippen LogP contribution in [0.25, 0.3) is 10.8 Å². The second-order valence-electron chi connectivity index (χ2n) is 6.86. The Labute approximate surface area is 170 Å². The van der Waals surface area contributed by atoms with Gasteiger partial charge in [-0.3, -0.25) is 9.78 Å². The number of rotatable bonds is 7. The van der Waals surface area contributed by atoms with Gasteiger partial charge in [-0.2, -0.15) is 0 Å². The van der Waals surface area contributed by atoms with E-state index in [1.807, 2.05) is 72.8 Å². The quantitative estimate of drug-likeness (QED) is 0.495. The fourth-order valence-corrected chi connectivity index (χ4v) is 3.18. The molecule has 4 nitrogen and oxygen atoms in total. The number of nitrogens with one attached hydrogen (secondary N) is 1. The Hall–Kier alpha value is -3.50. The van der Waals surface area contributed by atoms with Crippen LogP contribution >= 0.6 is 0 Å². The van der Waals surface area contributed by atoms with Crippen molar-refractivity contribution in [3.05, 3.63) is 114 Å². The molecule has 1 aromatic heterocycles. The Morgan fingerprint density at radius 3 is 2.21 bits per heavy atom. The van der Waals surface area contributed by atoms with E-state index in [0.29, 0.717) is 25.5 Å². The van der Waals surface area contributed by atoms with Crippen molar-refractivity contribution in [2.45, 2.75) is 19.8 Å². The SMILES string of the molecule is O=C(NCc1ccc(COCc2ccccc2)cc1)c1nccc2ccccc12. The smallest absolute Gasteiger partial charge is 0.270 e. The Balaban J connectivity index is 1.31. The molecule has 3 aromatic carbocycles. The van der Waals surface area contributed by atoms with Gasteiger partial charge in [0.2, 0.25) is 0 Å². The van der Waals surface area contributed by atoms with Gasteiger partial charge < -0.3 is 10.1 Å². The third-order valence-corrected chi connectivity index (χ3v) is 4.75. The molecular formula is C25H22N2O2. The summed E-state index contributed by atoms with van der Waals surface area (Å²) in [6.07, 6.45) is 1.67. The van der Waals surface area contributed by atoms with E-state index in [9.17, 15) is 4.79 Å². The molecule has 0 radical (unpaired) electrons. The molecule has 0 atom stereocenters. The lowest BCUT2D eigenvalue weighted by Crippen LogP contribution is -2.24. The van der Waals surface area contributed by atoms with Crippen molar-refractivity contribution in [2.75, 3.05) is 0 Å². The highest BCUT2D eigenvalue weighted by Gasteiger charge is 2.11. The Morgan fingerprint density at radius 1 is 0.759 bits per heavy atom. The molecule has 0 saturated carbocycles. The van der Waals surface area contributed by atoms with E-state index in [1.165, 1.54) is 0 Å². The number of carbonyl (C=O) groups is 1. The Bertz CT molecular complexity index is 1090. The zero-order valence-electron chi connectivity index (χ0n) is 16.0. The van der Waals surface area contributed by atoms with Gasteiger partial charge in [-0.15, -0.1) is 0 Å². The average Bonchev–Trinajstić information content (AvgIpc) is 2.78. The Morgan fingerprint density at radius 2 is 1.41 bits per heavy atom. The monoisotopic (exact) mass is 382 g/mol. The van der Waals surface area contributed by atoms with Crippen molar-refractivity contribution in [3.8, 4) is 0 Å². The predicted molar refractivity (Wildman–Crippen MR) is 114 cm³/mol. The summed E-state index contributed by atoms with van der Waals surface area (Å²) in [5, 5.41) is 4.83. The van der Waals surface area contributed by atoms with E-state index in [1.54, 1.807) is 6.20 Å². The van der Waals surface area contributed by atoms with Gasteiger partial charge in [0.05, 0.1) is 13.2 Å². The minimum Gasteiger partial charge on any atom is -0.372 e. The molecule has 144 valence electrons. The zero-order chi connectivity index (χ0) is 19.9. The molecule has 1 heterocycles. The van der Waals surface area contributed by atoms with Crippen molar-refractivity contribution < 1.29 is 9.53 Å². The van der Waals surface area contributed by atoms with Crippen LogP contribution in [0.15, 0.2) is 91.1 Å². The average molecular weight is 382 g/mol. The maximum Gasteiger partial charge on any atom is 0.270 e. The predicted octanol–water partition coefficient (Wildman–Crippen LogP) is 4.88. The van der Waals surface area contributed by atoms with E-state index in [-0.39, 0.29) is 5.91 Å². The molecule has 4 heteroatoms. The highest BCUT2D eigenvalue weighted by molar-refractivity contribution is 6.05. The summed E-state index contributed by atoms with van der Waals surface area (Å²) in [6, 6.07) is 27.9. The van der Waals surface area contributed by atoms with Gasteiger partial charge in [0.25, 0.3) is 5.91 Å². The van der Waals surface area contributed by atoms with Crippen LogP contribution < -0.4 is 5.32 Å². The third kappa shape index (κ3) is 4.86. The third-order valence-electron chi connectivity index (χ3n) is 4.75.